The van der Waals surface area contributed by atoms with E-state index in [9.17, 15) is 0 Å². The van der Waals surface area contributed by atoms with Crippen molar-refractivity contribution in [2.24, 2.45) is 0 Å². The summed E-state index contributed by atoms with van der Waals surface area (Å²) in [5.41, 5.74) is 9.06. The molecule has 7 aromatic carbocycles. The zero-order chi connectivity index (χ0) is 33.1. The molecule has 1 aliphatic carbocycles. The van der Waals surface area contributed by atoms with Gasteiger partial charge < -0.3 is 4.90 Å². The van der Waals surface area contributed by atoms with E-state index in [1.165, 1.54) is 84.7 Å². The van der Waals surface area contributed by atoms with E-state index in [2.05, 4.69) is 172 Å². The van der Waals surface area contributed by atoms with Gasteiger partial charge in [-0.05, 0) is 105 Å². The Labute approximate surface area is 294 Å². The molecular formula is C46H35NS2. The largest absolute Gasteiger partial charge is 0.310 e. The minimum atomic E-state index is -0.0520. The van der Waals surface area contributed by atoms with Crippen molar-refractivity contribution in [1.82, 2.24) is 0 Å². The molecule has 2 aromatic heterocycles. The molecule has 1 aliphatic rings. The summed E-state index contributed by atoms with van der Waals surface area (Å²) in [6.45, 7) is 9.77. The third-order valence-corrected chi connectivity index (χ3v) is 13.8. The molecule has 0 N–H and O–H groups in total. The summed E-state index contributed by atoms with van der Waals surface area (Å²) in [7, 11) is 0. The van der Waals surface area contributed by atoms with Crippen molar-refractivity contribution >= 4 is 90.9 Å². The second-order valence-corrected chi connectivity index (χ2v) is 16.8. The van der Waals surface area contributed by atoms with Crippen LogP contribution in [0.25, 0.3) is 62.2 Å². The Morgan fingerprint density at radius 3 is 1.76 bits per heavy atom. The van der Waals surface area contributed by atoms with Crippen LogP contribution in [0.2, 0.25) is 0 Å². The van der Waals surface area contributed by atoms with Crippen molar-refractivity contribution in [3.05, 3.63) is 151 Å². The third kappa shape index (κ3) is 4.10. The van der Waals surface area contributed by atoms with Gasteiger partial charge in [0.15, 0.2) is 0 Å². The Hall–Kier alpha value is -4.96. The fourth-order valence-corrected chi connectivity index (χ4v) is 10.6. The zero-order valence-electron chi connectivity index (χ0n) is 28.0. The van der Waals surface area contributed by atoms with Gasteiger partial charge in [-0.2, -0.15) is 0 Å². The van der Waals surface area contributed by atoms with E-state index in [4.69, 9.17) is 0 Å². The van der Waals surface area contributed by atoms with Crippen molar-refractivity contribution in [2.75, 3.05) is 4.90 Å². The van der Waals surface area contributed by atoms with Crippen LogP contribution < -0.4 is 4.90 Å². The zero-order valence-corrected chi connectivity index (χ0v) is 29.7. The highest BCUT2D eigenvalue weighted by Crippen LogP contribution is 2.57. The van der Waals surface area contributed by atoms with Gasteiger partial charge in [0, 0.05) is 62.8 Å². The lowest BCUT2D eigenvalue weighted by atomic mass is 9.54. The fourth-order valence-electron chi connectivity index (χ4n) is 8.39. The molecule has 0 bridgehead atoms. The molecule has 1 nitrogen and oxygen atoms in total. The minimum absolute atomic E-state index is 0.0429. The number of thiophene rings is 2. The molecule has 0 saturated heterocycles. The van der Waals surface area contributed by atoms with Gasteiger partial charge in [-0.1, -0.05) is 100 Å². The average molecular weight is 666 g/mol. The van der Waals surface area contributed by atoms with Crippen LogP contribution in [0, 0.1) is 0 Å². The maximum absolute atomic E-state index is 2.51. The maximum Gasteiger partial charge on any atom is 0.0468 e. The van der Waals surface area contributed by atoms with Crippen LogP contribution in [0.3, 0.4) is 0 Å². The predicted molar refractivity (Wildman–Crippen MR) is 216 cm³/mol. The monoisotopic (exact) mass is 665 g/mol. The molecule has 49 heavy (non-hydrogen) atoms. The summed E-state index contributed by atoms with van der Waals surface area (Å²) < 4.78 is 5.33. The van der Waals surface area contributed by atoms with Gasteiger partial charge in [0.1, 0.15) is 0 Å². The van der Waals surface area contributed by atoms with Crippen molar-refractivity contribution < 1.29 is 0 Å². The van der Waals surface area contributed by atoms with Gasteiger partial charge in [-0.25, -0.2) is 0 Å². The lowest BCUT2D eigenvalue weighted by molar-refractivity contribution is 0.301. The lowest BCUT2D eigenvalue weighted by Crippen LogP contribution is -2.43. The van der Waals surface area contributed by atoms with Crippen LogP contribution >= 0.6 is 22.7 Å². The lowest BCUT2D eigenvalue weighted by Gasteiger charge is -2.49. The van der Waals surface area contributed by atoms with Crippen molar-refractivity contribution in [3.8, 4) is 11.1 Å². The van der Waals surface area contributed by atoms with E-state index in [1.54, 1.807) is 0 Å². The molecule has 0 amide bonds. The molecule has 0 atom stereocenters. The molecular weight excluding hydrogens is 631 g/mol. The summed E-state index contributed by atoms with van der Waals surface area (Å²) in [6.07, 6.45) is 0. The summed E-state index contributed by atoms with van der Waals surface area (Å²) in [6, 6.07) is 52.2. The molecule has 10 rings (SSSR count). The van der Waals surface area contributed by atoms with Crippen LogP contribution in [0.1, 0.15) is 38.8 Å². The first kappa shape index (κ1) is 29.0. The molecule has 3 heteroatoms. The van der Waals surface area contributed by atoms with Crippen molar-refractivity contribution in [1.29, 1.82) is 0 Å². The SMILES string of the molecule is CC1(C)c2cc3sc4ccc(N(c5ccccc5)c5ccc6sc7ccccc7c6c5)cc4c3cc2-c2ccc3ccccc3c2C1(C)C. The summed E-state index contributed by atoms with van der Waals surface area (Å²) in [5, 5.41) is 7.96. The van der Waals surface area contributed by atoms with Gasteiger partial charge in [-0.15, -0.1) is 22.7 Å². The Bertz CT molecular complexity index is 2780. The predicted octanol–water partition coefficient (Wildman–Crippen LogP) is 14.3. The number of hydrogen-bond donors (Lipinski definition) is 0. The first-order chi connectivity index (χ1) is 23.8. The molecule has 0 fully saturated rings. The molecule has 2 heterocycles. The van der Waals surface area contributed by atoms with Gasteiger partial charge in [0.25, 0.3) is 0 Å². The highest BCUT2D eigenvalue weighted by atomic mass is 32.1. The maximum atomic E-state index is 2.51. The van der Waals surface area contributed by atoms with Gasteiger partial charge in [0.2, 0.25) is 0 Å². The first-order valence-corrected chi connectivity index (χ1v) is 18.7. The van der Waals surface area contributed by atoms with E-state index in [-0.39, 0.29) is 10.8 Å². The summed E-state index contributed by atoms with van der Waals surface area (Å²) in [5.74, 6) is 0. The van der Waals surface area contributed by atoms with Gasteiger partial charge in [-0.3, -0.25) is 0 Å². The van der Waals surface area contributed by atoms with E-state index in [0.29, 0.717) is 0 Å². The van der Waals surface area contributed by atoms with E-state index < -0.39 is 0 Å². The normalized spacial score (nSPS) is 14.9. The van der Waals surface area contributed by atoms with E-state index in [0.717, 1.165) is 5.69 Å². The summed E-state index contributed by atoms with van der Waals surface area (Å²) in [4.78, 5) is 2.42. The molecule has 0 radical (unpaired) electrons. The van der Waals surface area contributed by atoms with E-state index in [1.807, 2.05) is 22.7 Å². The van der Waals surface area contributed by atoms with Crippen LogP contribution in [0.4, 0.5) is 17.1 Å². The van der Waals surface area contributed by atoms with Crippen LogP contribution in [0.15, 0.2) is 140 Å². The molecule has 0 spiro atoms. The van der Waals surface area contributed by atoms with Gasteiger partial charge >= 0.3 is 0 Å². The molecule has 9 aromatic rings. The number of rotatable bonds is 3. The number of benzene rings is 7. The second kappa shape index (κ2) is 10.3. The Morgan fingerprint density at radius 2 is 1.00 bits per heavy atom. The number of fused-ring (bicyclic) bond motifs is 11. The Kier molecular flexibility index (Phi) is 6.08. The summed E-state index contributed by atoms with van der Waals surface area (Å²) >= 11 is 3.79. The van der Waals surface area contributed by atoms with Gasteiger partial charge in [0.05, 0.1) is 0 Å². The fraction of sp³-hybridized carbons (Fsp3) is 0.130. The highest BCUT2D eigenvalue weighted by Gasteiger charge is 2.46. The number of hydrogen-bond acceptors (Lipinski definition) is 3. The molecule has 0 unspecified atom stereocenters. The molecule has 236 valence electrons. The Morgan fingerprint density at radius 1 is 0.408 bits per heavy atom. The topological polar surface area (TPSA) is 3.24 Å². The molecule has 0 aliphatic heterocycles. The Balaban J connectivity index is 1.20. The number of nitrogens with zero attached hydrogens (tertiary/aromatic N) is 1. The highest BCUT2D eigenvalue weighted by molar-refractivity contribution is 7.26. The first-order valence-electron chi connectivity index (χ1n) is 17.1. The van der Waals surface area contributed by atoms with Crippen LogP contribution in [-0.2, 0) is 10.8 Å². The van der Waals surface area contributed by atoms with Crippen molar-refractivity contribution in [3.63, 3.8) is 0 Å². The number of para-hydroxylation sites is 1. The second-order valence-electron chi connectivity index (χ2n) is 14.6. The minimum Gasteiger partial charge on any atom is -0.310 e. The van der Waals surface area contributed by atoms with E-state index >= 15 is 0 Å². The third-order valence-electron chi connectivity index (χ3n) is 11.6. The number of anilines is 3. The average Bonchev–Trinajstić information content (AvgIpc) is 3.68. The smallest absolute Gasteiger partial charge is 0.0468 e. The van der Waals surface area contributed by atoms with Crippen molar-refractivity contribution in [2.45, 2.75) is 38.5 Å². The standard InChI is InChI=1S/C46H35NS2/c1-45(2)39-27-43-38(26-35(39)34-21-18-28-12-8-9-15-32(28)44(34)46(45,3)4)37-25-31(20-23-42(37)49-43)47(29-13-6-5-7-14-29)30-19-22-41-36(24-30)33-16-10-11-17-40(33)48-41/h5-27H,1-4H3. The van der Waals surface area contributed by atoms with Crippen LogP contribution in [-0.4, -0.2) is 0 Å². The quantitative estimate of drug-likeness (QED) is 0.182. The molecule has 0 saturated carbocycles. The van der Waals surface area contributed by atoms with Crippen LogP contribution in [0.5, 0.6) is 0 Å².